The first-order valence-electron chi connectivity index (χ1n) is 8.35. The first-order valence-corrected chi connectivity index (χ1v) is 8.75. The molecule has 1 saturated carbocycles. The molecule has 0 amide bonds. The lowest BCUT2D eigenvalue weighted by molar-refractivity contribution is 0.184. The van der Waals surface area contributed by atoms with Gasteiger partial charge in [-0.1, -0.05) is 38.9 Å². The Hall–Kier alpha value is -0.0851. The second kappa shape index (κ2) is 6.35. The third-order valence-electron chi connectivity index (χ3n) is 5.64. The van der Waals surface area contributed by atoms with Gasteiger partial charge in [0.05, 0.1) is 4.99 Å². The van der Waals surface area contributed by atoms with E-state index in [2.05, 4.69) is 33.6 Å². The molecule has 4 unspecified atom stereocenters. The summed E-state index contributed by atoms with van der Waals surface area (Å²) in [5.74, 6) is 2.26. The lowest BCUT2D eigenvalue weighted by Crippen LogP contribution is -2.51. The van der Waals surface area contributed by atoms with Gasteiger partial charge in [-0.2, -0.15) is 0 Å². The fraction of sp³-hybridized carbons (Fsp3) is 0.938. The maximum atomic E-state index is 6.68. The van der Waals surface area contributed by atoms with Gasteiger partial charge in [-0.3, -0.25) is 0 Å². The smallest absolute Gasteiger partial charge is 0.127 e. The van der Waals surface area contributed by atoms with Crippen molar-refractivity contribution in [2.75, 3.05) is 7.05 Å². The van der Waals surface area contributed by atoms with E-state index < -0.39 is 0 Å². The van der Waals surface area contributed by atoms with Crippen molar-refractivity contribution in [3.63, 3.8) is 0 Å². The molecule has 4 heteroatoms. The van der Waals surface area contributed by atoms with Crippen LogP contribution in [0.1, 0.15) is 58.8 Å². The van der Waals surface area contributed by atoms with Gasteiger partial charge in [0, 0.05) is 13.1 Å². The molecule has 20 heavy (non-hydrogen) atoms. The van der Waals surface area contributed by atoms with Gasteiger partial charge in [-0.15, -0.1) is 0 Å². The molecule has 1 aliphatic heterocycles. The summed E-state index contributed by atoms with van der Waals surface area (Å²) in [6.45, 7) is 4.71. The summed E-state index contributed by atoms with van der Waals surface area (Å²) in [4.78, 5) is 3.54. The van der Waals surface area contributed by atoms with Crippen LogP contribution < -0.4 is 5.73 Å². The van der Waals surface area contributed by atoms with Crippen LogP contribution in [0.25, 0.3) is 0 Å². The summed E-state index contributed by atoms with van der Waals surface area (Å²) in [6, 6.07) is 0.630. The molecule has 0 radical (unpaired) electrons. The quantitative estimate of drug-likeness (QED) is 0.595. The van der Waals surface area contributed by atoms with E-state index in [-0.39, 0.29) is 5.44 Å². The Kier molecular flexibility index (Phi) is 5.17. The highest BCUT2D eigenvalue weighted by atomic mass is 32.1. The highest BCUT2D eigenvalue weighted by Crippen LogP contribution is 2.38. The molecule has 0 spiro atoms. The number of nitrogens with two attached hydrogens (primary N) is 1. The molecule has 0 aromatic rings. The number of rotatable bonds is 1. The van der Waals surface area contributed by atoms with Gasteiger partial charge in [0.25, 0.3) is 0 Å². The summed E-state index contributed by atoms with van der Waals surface area (Å²) < 4.78 is 0. The zero-order chi connectivity index (χ0) is 14.9. The Morgan fingerprint density at radius 1 is 1.30 bits per heavy atom. The standard InChI is InChI=1S/C16H31BN2S/c1-11(2)12-5-4-6-14-13(10-16(17,18)9-12)7-8-15(20)19(14)3/h11-14H,4-10,17-18H2,1-3H3. The van der Waals surface area contributed by atoms with Crippen LogP contribution in [0, 0.1) is 17.8 Å². The fourth-order valence-corrected chi connectivity index (χ4v) is 4.64. The van der Waals surface area contributed by atoms with Crippen molar-refractivity contribution in [3.8, 4) is 0 Å². The average Bonchev–Trinajstić information content (AvgIpc) is 2.41. The van der Waals surface area contributed by atoms with E-state index in [1.807, 2.05) is 0 Å². The Balaban J connectivity index is 2.16. The molecule has 0 aromatic heterocycles. The number of thiocarbonyl (C=S) groups is 1. The summed E-state index contributed by atoms with van der Waals surface area (Å²) in [5.41, 5.74) is 6.67. The monoisotopic (exact) mass is 294 g/mol. The number of hydrogen-bond donors (Lipinski definition) is 1. The number of hydrogen-bond acceptors (Lipinski definition) is 2. The Bertz CT molecular complexity index is 356. The van der Waals surface area contributed by atoms with Crippen LogP contribution in [0.3, 0.4) is 0 Å². The molecule has 2 N–H and O–H groups in total. The predicted molar refractivity (Wildman–Crippen MR) is 93.7 cm³/mol. The minimum atomic E-state index is -0.0119. The van der Waals surface area contributed by atoms with E-state index in [9.17, 15) is 0 Å². The molecule has 2 nitrogen and oxygen atoms in total. The molecule has 2 rings (SSSR count). The van der Waals surface area contributed by atoms with Crippen LogP contribution in [0.15, 0.2) is 0 Å². The first-order chi connectivity index (χ1) is 9.30. The van der Waals surface area contributed by atoms with Crippen LogP contribution >= 0.6 is 12.2 Å². The maximum Gasteiger partial charge on any atom is 0.127 e. The second-order valence-electron chi connectivity index (χ2n) is 7.87. The highest BCUT2D eigenvalue weighted by Gasteiger charge is 2.37. The molecule has 2 fully saturated rings. The molecule has 114 valence electrons. The van der Waals surface area contributed by atoms with Crippen LogP contribution in [0.4, 0.5) is 0 Å². The SMILES string of the molecule is BC1(N)CC(C(C)C)CCCC2C(CCC(=S)N2C)C1. The number of fused-ring (bicyclic) bond motifs is 1. The molecule has 2 aliphatic rings. The van der Waals surface area contributed by atoms with Crippen molar-refractivity contribution >= 4 is 25.1 Å². The predicted octanol–water partition coefficient (Wildman–Crippen LogP) is 2.55. The van der Waals surface area contributed by atoms with Gasteiger partial charge >= 0.3 is 0 Å². The van der Waals surface area contributed by atoms with Crippen LogP contribution in [0.2, 0.25) is 0 Å². The third-order valence-corrected chi connectivity index (χ3v) is 6.13. The van der Waals surface area contributed by atoms with Gasteiger partial charge in [-0.05, 0) is 55.3 Å². The Morgan fingerprint density at radius 2 is 2.00 bits per heavy atom. The summed E-state index contributed by atoms with van der Waals surface area (Å²) in [6.07, 6.45) is 8.61. The van der Waals surface area contributed by atoms with Crippen molar-refractivity contribution in [1.82, 2.24) is 4.90 Å². The Labute approximate surface area is 131 Å². The van der Waals surface area contributed by atoms with E-state index in [0.717, 1.165) is 35.6 Å². The van der Waals surface area contributed by atoms with Crippen LogP contribution in [0.5, 0.6) is 0 Å². The molecule has 0 bridgehead atoms. The van der Waals surface area contributed by atoms with Gasteiger partial charge in [0.1, 0.15) is 7.85 Å². The molecular formula is C16H31BN2S. The minimum absolute atomic E-state index is 0.0119. The molecule has 4 atom stereocenters. The highest BCUT2D eigenvalue weighted by molar-refractivity contribution is 7.80. The maximum absolute atomic E-state index is 6.68. The van der Waals surface area contributed by atoms with E-state index in [1.54, 1.807) is 0 Å². The minimum Gasteiger partial charge on any atom is -0.366 e. The van der Waals surface area contributed by atoms with E-state index in [0.29, 0.717) is 6.04 Å². The zero-order valence-corrected chi connectivity index (χ0v) is 14.5. The second-order valence-corrected chi connectivity index (χ2v) is 8.34. The van der Waals surface area contributed by atoms with Crippen molar-refractivity contribution in [2.24, 2.45) is 23.5 Å². The van der Waals surface area contributed by atoms with E-state index in [1.165, 1.54) is 32.1 Å². The third kappa shape index (κ3) is 3.76. The van der Waals surface area contributed by atoms with Gasteiger partial charge in [0.2, 0.25) is 0 Å². The largest absolute Gasteiger partial charge is 0.366 e. The van der Waals surface area contributed by atoms with Gasteiger partial charge < -0.3 is 10.6 Å². The van der Waals surface area contributed by atoms with E-state index in [4.69, 9.17) is 18.0 Å². The van der Waals surface area contributed by atoms with Gasteiger partial charge in [-0.25, -0.2) is 0 Å². The molecule has 0 aromatic carbocycles. The molecular weight excluding hydrogens is 263 g/mol. The van der Waals surface area contributed by atoms with Crippen molar-refractivity contribution in [1.29, 1.82) is 0 Å². The summed E-state index contributed by atoms with van der Waals surface area (Å²) >= 11 is 5.53. The lowest BCUT2D eigenvalue weighted by atomic mass is 9.64. The normalized spacial score (nSPS) is 40.0. The first kappa shape index (κ1) is 16.3. The number of likely N-dealkylation sites (tertiary alicyclic amines) is 1. The topological polar surface area (TPSA) is 29.3 Å². The van der Waals surface area contributed by atoms with Crippen molar-refractivity contribution < 1.29 is 0 Å². The van der Waals surface area contributed by atoms with Crippen LogP contribution in [-0.4, -0.2) is 36.3 Å². The molecule has 1 aliphatic carbocycles. The lowest BCUT2D eigenvalue weighted by Gasteiger charge is -2.43. The summed E-state index contributed by atoms with van der Waals surface area (Å²) in [5, 5.41) is 0. The summed E-state index contributed by atoms with van der Waals surface area (Å²) in [7, 11) is 4.47. The Morgan fingerprint density at radius 3 is 2.65 bits per heavy atom. The number of nitrogens with zero attached hydrogens (tertiary/aromatic N) is 1. The van der Waals surface area contributed by atoms with E-state index >= 15 is 0 Å². The fourth-order valence-electron chi connectivity index (χ4n) is 4.39. The van der Waals surface area contributed by atoms with Gasteiger partial charge in [0.15, 0.2) is 0 Å². The zero-order valence-electron chi connectivity index (χ0n) is 13.7. The van der Waals surface area contributed by atoms with Crippen molar-refractivity contribution in [3.05, 3.63) is 0 Å². The van der Waals surface area contributed by atoms with Crippen LogP contribution in [-0.2, 0) is 0 Å². The average molecular weight is 294 g/mol. The number of piperidine rings is 1. The molecule has 1 saturated heterocycles. The van der Waals surface area contributed by atoms with Crippen molar-refractivity contribution in [2.45, 2.75) is 70.3 Å². The molecule has 1 heterocycles.